The highest BCUT2D eigenvalue weighted by molar-refractivity contribution is 6.24. The number of hydrogen-bond acceptors (Lipinski definition) is 10. The van der Waals surface area contributed by atoms with Crippen molar-refractivity contribution in [1.29, 1.82) is 0 Å². The summed E-state index contributed by atoms with van der Waals surface area (Å²) < 4.78 is 0. The molecule has 2 fully saturated rings. The Morgan fingerprint density at radius 2 is 1.74 bits per heavy atom. The number of ketones is 2. The van der Waals surface area contributed by atoms with Crippen LogP contribution in [0, 0.1) is 11.8 Å². The van der Waals surface area contributed by atoms with Gasteiger partial charge in [-0.3, -0.25) is 24.2 Å². The molecule has 46 heavy (non-hydrogen) atoms. The van der Waals surface area contributed by atoms with Gasteiger partial charge in [0, 0.05) is 47.6 Å². The smallest absolute Gasteiger partial charge is 0.255 e. The maximum absolute atomic E-state index is 14.4. The van der Waals surface area contributed by atoms with Crippen LogP contribution in [0.3, 0.4) is 0 Å². The molecule has 6 N–H and O–H groups in total. The van der Waals surface area contributed by atoms with Crippen LogP contribution >= 0.6 is 0 Å². The zero-order chi connectivity index (χ0) is 33.2. The van der Waals surface area contributed by atoms with Crippen LogP contribution in [-0.2, 0) is 27.3 Å². The van der Waals surface area contributed by atoms with Crippen LogP contribution in [0.5, 0.6) is 5.75 Å². The van der Waals surface area contributed by atoms with Crippen molar-refractivity contribution in [2.24, 2.45) is 17.6 Å². The van der Waals surface area contributed by atoms with Crippen LogP contribution in [0.15, 0.2) is 35.1 Å². The molecule has 11 heteroatoms. The van der Waals surface area contributed by atoms with Gasteiger partial charge in [0.1, 0.15) is 22.8 Å². The van der Waals surface area contributed by atoms with Gasteiger partial charge < -0.3 is 31.1 Å². The Morgan fingerprint density at radius 3 is 2.30 bits per heavy atom. The number of carbonyl (C=O) groups is 3. The van der Waals surface area contributed by atoms with Crippen LogP contribution in [-0.4, -0.2) is 99.6 Å². The lowest BCUT2D eigenvalue weighted by Gasteiger charge is -2.50. The average molecular weight is 633 g/mol. The summed E-state index contributed by atoms with van der Waals surface area (Å²) in [5.74, 6) is -6.46. The zero-order valence-electron chi connectivity index (χ0n) is 27.0. The molecule has 3 aliphatic carbocycles. The van der Waals surface area contributed by atoms with E-state index in [-0.39, 0.29) is 29.7 Å². The SMILES string of the molecule is CCCN(CCC)c1c2c(c(O)c3cc(CN4CCC4)ccc13)C(O)=C1C(=O)[C@]3(O)C(O)=C(C(N)=O)C(=O)[C@@H](N(C)C)[C@@H]3C[C@@H]1C2. The summed E-state index contributed by atoms with van der Waals surface area (Å²) in [5.41, 5.74) is 4.59. The molecule has 0 aromatic heterocycles. The number of nitrogens with zero attached hydrogens (tertiary/aromatic N) is 3. The number of Topliss-reactive ketones (excluding diaryl/α,β-unsaturated/α-hetero) is 2. The van der Waals surface area contributed by atoms with Crippen molar-refractivity contribution in [2.75, 3.05) is 45.2 Å². The lowest BCUT2D eigenvalue weighted by molar-refractivity contribution is -0.153. The number of aromatic hydroxyl groups is 1. The molecular weight excluding hydrogens is 588 g/mol. The number of amides is 1. The number of nitrogens with two attached hydrogens (primary N) is 1. The van der Waals surface area contributed by atoms with Crippen molar-refractivity contribution < 1.29 is 34.8 Å². The van der Waals surface area contributed by atoms with Crippen molar-refractivity contribution in [3.63, 3.8) is 0 Å². The average Bonchev–Trinajstić information content (AvgIpc) is 2.97. The summed E-state index contributed by atoms with van der Waals surface area (Å²) in [7, 11) is 3.19. The third-order valence-corrected chi connectivity index (χ3v) is 10.4. The second-order valence-corrected chi connectivity index (χ2v) is 13.5. The summed E-state index contributed by atoms with van der Waals surface area (Å²) in [6.45, 7) is 8.44. The van der Waals surface area contributed by atoms with Gasteiger partial charge in [-0.2, -0.15) is 0 Å². The Balaban J connectivity index is 1.60. The number of aliphatic hydroxyl groups excluding tert-OH is 2. The highest BCUT2D eigenvalue weighted by Crippen LogP contribution is 2.55. The molecule has 0 radical (unpaired) electrons. The highest BCUT2D eigenvalue weighted by Gasteiger charge is 2.64. The van der Waals surface area contributed by atoms with Gasteiger partial charge in [-0.15, -0.1) is 0 Å². The van der Waals surface area contributed by atoms with E-state index in [1.807, 2.05) is 12.1 Å². The minimum atomic E-state index is -2.67. The maximum atomic E-state index is 14.4. The molecule has 6 rings (SSSR count). The lowest BCUT2D eigenvalue weighted by atomic mass is 9.57. The monoisotopic (exact) mass is 632 g/mol. The predicted octanol–water partition coefficient (Wildman–Crippen LogP) is 2.95. The predicted molar refractivity (Wildman–Crippen MR) is 174 cm³/mol. The third-order valence-electron chi connectivity index (χ3n) is 10.4. The minimum absolute atomic E-state index is 0.0559. The summed E-state index contributed by atoms with van der Waals surface area (Å²) in [6.07, 6.45) is 3.20. The number of carbonyl (C=O) groups excluding carboxylic acids is 3. The van der Waals surface area contributed by atoms with Crippen LogP contribution in [0.1, 0.15) is 56.2 Å². The number of phenols is 1. The molecule has 0 spiro atoms. The Morgan fingerprint density at radius 1 is 1.07 bits per heavy atom. The first kappa shape index (κ1) is 32.0. The molecule has 1 heterocycles. The Labute approximate surface area is 268 Å². The molecule has 11 nitrogen and oxygen atoms in total. The second kappa shape index (κ2) is 11.7. The second-order valence-electron chi connectivity index (χ2n) is 13.5. The molecule has 4 atom stereocenters. The molecule has 0 unspecified atom stereocenters. The summed E-state index contributed by atoms with van der Waals surface area (Å²) in [4.78, 5) is 46.2. The van der Waals surface area contributed by atoms with Crippen molar-refractivity contribution in [1.82, 2.24) is 9.80 Å². The Bertz CT molecular complexity index is 1700. The first-order valence-corrected chi connectivity index (χ1v) is 16.3. The summed E-state index contributed by atoms with van der Waals surface area (Å²) in [6, 6.07) is 4.95. The quantitative estimate of drug-likeness (QED) is 0.259. The van der Waals surface area contributed by atoms with Gasteiger partial charge in [-0.1, -0.05) is 26.0 Å². The third kappa shape index (κ3) is 4.62. The van der Waals surface area contributed by atoms with Gasteiger partial charge in [0.15, 0.2) is 11.4 Å². The fourth-order valence-corrected chi connectivity index (χ4v) is 8.27. The number of anilines is 1. The molecule has 4 aliphatic rings. The number of primary amides is 1. The fraction of sp³-hybridized carbons (Fsp3) is 0.514. The van der Waals surface area contributed by atoms with E-state index in [2.05, 4.69) is 29.7 Å². The van der Waals surface area contributed by atoms with Crippen LogP contribution in [0.25, 0.3) is 16.5 Å². The standard InChI is InChI=1S/C35H44N4O7/c1-5-10-39(11-6-2)27-20-9-8-18(17-38-12-7-13-38)14-21(20)29(40)25-22(27)15-19-16-23-28(37(3)4)31(42)26(34(36)45)33(44)35(23,46)32(43)24(19)30(25)41/h8-9,14,19,23,28,40-41,44,46H,5-7,10-13,15-17H2,1-4H3,(H2,36,45)/t19-,23-,28-,35-/m0/s1. The minimum Gasteiger partial charge on any atom is -0.508 e. The normalized spacial score (nSPS) is 26.3. The van der Waals surface area contributed by atoms with E-state index in [1.54, 1.807) is 14.1 Å². The summed E-state index contributed by atoms with van der Waals surface area (Å²) >= 11 is 0. The zero-order valence-corrected chi connectivity index (χ0v) is 27.0. The number of rotatable bonds is 9. The largest absolute Gasteiger partial charge is 0.508 e. The summed E-state index contributed by atoms with van der Waals surface area (Å²) in [5, 5.41) is 48.4. The maximum Gasteiger partial charge on any atom is 0.255 e. The van der Waals surface area contributed by atoms with Crippen LogP contribution < -0.4 is 10.6 Å². The molecule has 1 aliphatic heterocycles. The van der Waals surface area contributed by atoms with E-state index < -0.39 is 58.0 Å². The molecule has 2 aromatic carbocycles. The molecule has 246 valence electrons. The topological polar surface area (TPSA) is 168 Å². The molecule has 0 bridgehead atoms. The van der Waals surface area contributed by atoms with E-state index >= 15 is 0 Å². The number of phenolic OH excluding ortho intramolecular Hbond substituents is 1. The van der Waals surface area contributed by atoms with Gasteiger partial charge in [-0.25, -0.2) is 0 Å². The van der Waals surface area contributed by atoms with E-state index in [4.69, 9.17) is 5.73 Å². The molecule has 1 saturated carbocycles. The van der Waals surface area contributed by atoms with Gasteiger partial charge in [-0.05, 0) is 82.4 Å². The van der Waals surface area contributed by atoms with Crippen LogP contribution in [0.4, 0.5) is 5.69 Å². The molecule has 1 amide bonds. The number of fused-ring (bicyclic) bond motifs is 4. The van der Waals surface area contributed by atoms with Crippen molar-refractivity contribution in [3.05, 3.63) is 51.8 Å². The van der Waals surface area contributed by atoms with Gasteiger partial charge in [0.05, 0.1) is 11.6 Å². The van der Waals surface area contributed by atoms with Gasteiger partial charge in [0.2, 0.25) is 5.78 Å². The number of likely N-dealkylation sites (N-methyl/N-ethyl adjacent to an activating group) is 1. The number of hydrogen-bond donors (Lipinski definition) is 5. The van der Waals surface area contributed by atoms with Gasteiger partial charge in [0.25, 0.3) is 5.91 Å². The molecule has 1 saturated heterocycles. The van der Waals surface area contributed by atoms with E-state index in [1.165, 1.54) is 4.90 Å². The van der Waals surface area contributed by atoms with Gasteiger partial charge >= 0.3 is 0 Å². The highest BCUT2D eigenvalue weighted by atomic mass is 16.3. The van der Waals surface area contributed by atoms with Crippen molar-refractivity contribution in [3.8, 4) is 5.75 Å². The van der Waals surface area contributed by atoms with E-state index in [0.29, 0.717) is 10.9 Å². The Kier molecular flexibility index (Phi) is 8.15. The molecule has 2 aromatic rings. The first-order valence-electron chi connectivity index (χ1n) is 16.3. The number of likely N-dealkylation sites (tertiary alicyclic amines) is 1. The number of aliphatic hydroxyl groups is 3. The Hall–Kier alpha value is -3.93. The lowest BCUT2D eigenvalue weighted by Crippen LogP contribution is -2.65. The molecular formula is C35H44N4O7. The van der Waals surface area contributed by atoms with Crippen molar-refractivity contribution in [2.45, 2.75) is 64.1 Å². The van der Waals surface area contributed by atoms with E-state index in [9.17, 15) is 34.8 Å². The fourth-order valence-electron chi connectivity index (χ4n) is 8.27. The van der Waals surface area contributed by atoms with Crippen LogP contribution in [0.2, 0.25) is 0 Å². The first-order chi connectivity index (χ1) is 21.9. The number of benzene rings is 2. The van der Waals surface area contributed by atoms with E-state index in [0.717, 1.165) is 68.6 Å². The van der Waals surface area contributed by atoms with Crippen molar-refractivity contribution >= 4 is 39.7 Å².